The third kappa shape index (κ3) is 3.38. The van der Waals surface area contributed by atoms with Crippen LogP contribution in [0.15, 0.2) is 0 Å². The van der Waals surface area contributed by atoms with Crippen LogP contribution in [-0.4, -0.2) is 36.2 Å². The topological polar surface area (TPSA) is 55.6 Å². The Labute approximate surface area is 91.8 Å². The monoisotopic (exact) mass is 214 g/mol. The molecule has 0 spiro atoms. The first-order valence-corrected chi connectivity index (χ1v) is 5.51. The molecule has 1 aliphatic rings. The minimum atomic E-state index is -0.416. The predicted molar refractivity (Wildman–Crippen MR) is 59.5 cm³/mol. The smallest absolute Gasteiger partial charge is 0.410 e. The third-order valence-corrected chi connectivity index (χ3v) is 2.72. The van der Waals surface area contributed by atoms with Crippen LogP contribution in [0.5, 0.6) is 0 Å². The number of nitrogens with two attached hydrogens (primary N) is 1. The Morgan fingerprint density at radius 1 is 1.47 bits per heavy atom. The van der Waals surface area contributed by atoms with E-state index >= 15 is 0 Å². The van der Waals surface area contributed by atoms with Crippen molar-refractivity contribution < 1.29 is 9.53 Å². The van der Waals surface area contributed by atoms with E-state index in [1.165, 1.54) is 0 Å². The molecule has 1 aliphatic heterocycles. The van der Waals surface area contributed by atoms with E-state index in [0.29, 0.717) is 18.4 Å². The molecule has 1 heterocycles. The molecule has 88 valence electrons. The van der Waals surface area contributed by atoms with Gasteiger partial charge in [-0.25, -0.2) is 4.79 Å². The Morgan fingerprint density at radius 2 is 2.07 bits per heavy atom. The first kappa shape index (κ1) is 12.3. The molecule has 2 atom stereocenters. The molecule has 0 aromatic heterocycles. The minimum absolute atomic E-state index is 0.217. The molecule has 1 fully saturated rings. The van der Waals surface area contributed by atoms with E-state index < -0.39 is 5.60 Å². The van der Waals surface area contributed by atoms with Gasteiger partial charge in [0.25, 0.3) is 0 Å². The molecule has 0 aliphatic carbocycles. The second-order valence-electron chi connectivity index (χ2n) is 5.36. The minimum Gasteiger partial charge on any atom is -0.444 e. The zero-order chi connectivity index (χ0) is 11.6. The average Bonchev–Trinajstić information content (AvgIpc) is 2.43. The maximum atomic E-state index is 11.7. The number of carbonyl (C=O) groups is 1. The molecular weight excluding hydrogens is 192 g/mol. The molecule has 1 rings (SSSR count). The van der Waals surface area contributed by atoms with Crippen molar-refractivity contribution in [1.29, 1.82) is 0 Å². The van der Waals surface area contributed by atoms with Gasteiger partial charge in [-0.05, 0) is 39.2 Å². The lowest BCUT2D eigenvalue weighted by atomic mass is 9.99. The molecule has 2 N–H and O–H groups in total. The SMILES string of the molecule is C[C@H]1CN(C(=O)OC(C)(C)C)C[C@@H]1CN. The van der Waals surface area contributed by atoms with Crippen LogP contribution >= 0.6 is 0 Å². The summed E-state index contributed by atoms with van der Waals surface area (Å²) in [6, 6.07) is 0. The van der Waals surface area contributed by atoms with Crippen molar-refractivity contribution in [2.75, 3.05) is 19.6 Å². The quantitative estimate of drug-likeness (QED) is 0.718. The summed E-state index contributed by atoms with van der Waals surface area (Å²) in [7, 11) is 0. The van der Waals surface area contributed by atoms with Gasteiger partial charge in [0.05, 0.1) is 0 Å². The zero-order valence-electron chi connectivity index (χ0n) is 10.1. The molecule has 15 heavy (non-hydrogen) atoms. The molecule has 0 bridgehead atoms. The van der Waals surface area contributed by atoms with Crippen molar-refractivity contribution in [3.63, 3.8) is 0 Å². The zero-order valence-corrected chi connectivity index (χ0v) is 10.1. The van der Waals surface area contributed by atoms with Crippen LogP contribution in [0.4, 0.5) is 4.79 Å². The summed E-state index contributed by atoms with van der Waals surface area (Å²) in [5.74, 6) is 0.889. The number of nitrogens with zero attached hydrogens (tertiary/aromatic N) is 1. The second kappa shape index (κ2) is 4.39. The summed E-state index contributed by atoms with van der Waals surface area (Å²) in [5, 5.41) is 0. The standard InChI is InChI=1S/C11H22N2O2/c1-8-6-13(7-9(8)5-12)10(14)15-11(2,3)4/h8-9H,5-7,12H2,1-4H3/t8-,9-/m0/s1. The molecule has 0 unspecified atom stereocenters. The van der Waals surface area contributed by atoms with Crippen LogP contribution < -0.4 is 5.73 Å². The van der Waals surface area contributed by atoms with Crippen LogP contribution in [-0.2, 0) is 4.74 Å². The molecule has 1 saturated heterocycles. The number of hydrogen-bond acceptors (Lipinski definition) is 3. The highest BCUT2D eigenvalue weighted by Crippen LogP contribution is 2.23. The highest BCUT2D eigenvalue weighted by molar-refractivity contribution is 5.68. The van der Waals surface area contributed by atoms with E-state index in [2.05, 4.69) is 6.92 Å². The highest BCUT2D eigenvalue weighted by Gasteiger charge is 2.33. The van der Waals surface area contributed by atoms with Gasteiger partial charge >= 0.3 is 6.09 Å². The fraction of sp³-hybridized carbons (Fsp3) is 0.909. The van der Waals surface area contributed by atoms with Crippen molar-refractivity contribution in [2.45, 2.75) is 33.3 Å². The summed E-state index contributed by atoms with van der Waals surface area (Å²) in [5.41, 5.74) is 5.22. The van der Waals surface area contributed by atoms with E-state index in [9.17, 15) is 4.79 Å². The Morgan fingerprint density at radius 3 is 2.47 bits per heavy atom. The molecule has 4 nitrogen and oxygen atoms in total. The summed E-state index contributed by atoms with van der Waals surface area (Å²) in [4.78, 5) is 13.5. The van der Waals surface area contributed by atoms with Gasteiger partial charge in [0.1, 0.15) is 5.60 Å². The molecular formula is C11H22N2O2. The first-order chi connectivity index (χ1) is 6.83. The summed E-state index contributed by atoms with van der Waals surface area (Å²) >= 11 is 0. The van der Waals surface area contributed by atoms with Crippen molar-refractivity contribution in [1.82, 2.24) is 4.90 Å². The largest absolute Gasteiger partial charge is 0.444 e. The lowest BCUT2D eigenvalue weighted by molar-refractivity contribution is 0.0285. The van der Waals surface area contributed by atoms with Crippen molar-refractivity contribution >= 4 is 6.09 Å². The van der Waals surface area contributed by atoms with Gasteiger partial charge in [-0.1, -0.05) is 6.92 Å². The third-order valence-electron chi connectivity index (χ3n) is 2.72. The maximum Gasteiger partial charge on any atom is 0.410 e. The second-order valence-corrected chi connectivity index (χ2v) is 5.36. The van der Waals surface area contributed by atoms with Gasteiger partial charge in [0.15, 0.2) is 0 Å². The summed E-state index contributed by atoms with van der Waals surface area (Å²) in [6.45, 7) is 9.90. The summed E-state index contributed by atoms with van der Waals surface area (Å²) < 4.78 is 5.31. The fourth-order valence-electron chi connectivity index (χ4n) is 1.82. The molecule has 4 heteroatoms. The Bertz CT molecular complexity index is 235. The van der Waals surface area contributed by atoms with Crippen LogP contribution in [0.2, 0.25) is 0 Å². The first-order valence-electron chi connectivity index (χ1n) is 5.51. The number of ether oxygens (including phenoxy) is 1. The Hall–Kier alpha value is -0.770. The van der Waals surface area contributed by atoms with Crippen molar-refractivity contribution in [3.05, 3.63) is 0 Å². The van der Waals surface area contributed by atoms with Gasteiger partial charge in [-0.15, -0.1) is 0 Å². The van der Waals surface area contributed by atoms with Crippen LogP contribution in [0.1, 0.15) is 27.7 Å². The summed E-state index contributed by atoms with van der Waals surface area (Å²) in [6.07, 6.45) is -0.217. The number of rotatable bonds is 1. The predicted octanol–water partition coefficient (Wildman–Crippen LogP) is 1.45. The van der Waals surface area contributed by atoms with Gasteiger partial charge in [-0.2, -0.15) is 0 Å². The highest BCUT2D eigenvalue weighted by atomic mass is 16.6. The van der Waals surface area contributed by atoms with E-state index in [4.69, 9.17) is 10.5 Å². The van der Waals surface area contributed by atoms with Gasteiger partial charge in [-0.3, -0.25) is 0 Å². The van der Waals surface area contributed by atoms with Crippen LogP contribution in [0.25, 0.3) is 0 Å². The lowest BCUT2D eigenvalue weighted by Crippen LogP contribution is -2.35. The lowest BCUT2D eigenvalue weighted by Gasteiger charge is -2.24. The van der Waals surface area contributed by atoms with Crippen LogP contribution in [0, 0.1) is 11.8 Å². The van der Waals surface area contributed by atoms with Crippen LogP contribution in [0.3, 0.4) is 0 Å². The molecule has 0 aromatic rings. The molecule has 1 amide bonds. The molecule has 0 saturated carbocycles. The number of carbonyl (C=O) groups excluding carboxylic acids is 1. The number of amides is 1. The van der Waals surface area contributed by atoms with E-state index in [1.54, 1.807) is 4.90 Å². The van der Waals surface area contributed by atoms with E-state index in [0.717, 1.165) is 13.1 Å². The van der Waals surface area contributed by atoms with Gasteiger partial charge < -0.3 is 15.4 Å². The Kier molecular flexibility index (Phi) is 3.60. The normalized spacial score (nSPS) is 26.9. The Balaban J connectivity index is 2.50. The van der Waals surface area contributed by atoms with Crippen molar-refractivity contribution in [2.24, 2.45) is 17.6 Å². The van der Waals surface area contributed by atoms with Crippen molar-refractivity contribution in [3.8, 4) is 0 Å². The van der Waals surface area contributed by atoms with Gasteiger partial charge in [0, 0.05) is 13.1 Å². The van der Waals surface area contributed by atoms with Gasteiger partial charge in [0.2, 0.25) is 0 Å². The number of hydrogen-bond donors (Lipinski definition) is 1. The van der Waals surface area contributed by atoms with E-state index in [1.807, 2.05) is 20.8 Å². The average molecular weight is 214 g/mol. The fourth-order valence-corrected chi connectivity index (χ4v) is 1.82. The van der Waals surface area contributed by atoms with E-state index in [-0.39, 0.29) is 6.09 Å². The molecule has 0 radical (unpaired) electrons. The maximum absolute atomic E-state index is 11.7. The molecule has 0 aromatic carbocycles. The number of likely N-dealkylation sites (tertiary alicyclic amines) is 1.